The molecule has 0 saturated carbocycles. The van der Waals surface area contributed by atoms with Crippen LogP contribution in [0.3, 0.4) is 0 Å². The van der Waals surface area contributed by atoms with Crippen molar-refractivity contribution in [1.82, 2.24) is 9.80 Å². The van der Waals surface area contributed by atoms with E-state index < -0.39 is 5.97 Å². The average Bonchev–Trinajstić information content (AvgIpc) is 2.66. The number of carbonyl (C=O) groups excluding carboxylic acids is 1. The fourth-order valence-electron chi connectivity index (χ4n) is 3.98. The van der Waals surface area contributed by atoms with E-state index in [1.54, 1.807) is 0 Å². The number of urea groups is 1. The van der Waals surface area contributed by atoms with Crippen LogP contribution in [0.25, 0.3) is 0 Å². The predicted octanol–water partition coefficient (Wildman–Crippen LogP) is 2.94. The highest BCUT2D eigenvalue weighted by Gasteiger charge is 2.44. The van der Waals surface area contributed by atoms with E-state index in [9.17, 15) is 9.59 Å². The molecule has 21 heavy (non-hydrogen) atoms. The molecule has 2 heterocycles. The Kier molecular flexibility index (Phi) is 5.12. The van der Waals surface area contributed by atoms with Crippen LogP contribution >= 0.6 is 0 Å². The maximum atomic E-state index is 12.9. The van der Waals surface area contributed by atoms with Crippen LogP contribution < -0.4 is 0 Å². The highest BCUT2D eigenvalue weighted by molar-refractivity contribution is 5.76. The highest BCUT2D eigenvalue weighted by atomic mass is 16.4. The lowest BCUT2D eigenvalue weighted by atomic mass is 9.88. The van der Waals surface area contributed by atoms with Gasteiger partial charge in [0.1, 0.15) is 0 Å². The number of nitrogens with zero attached hydrogens (tertiary/aromatic N) is 2. The maximum Gasteiger partial charge on any atom is 0.320 e. The van der Waals surface area contributed by atoms with Crippen LogP contribution in [0.1, 0.15) is 59.3 Å². The number of aliphatic carboxylic acids is 1. The van der Waals surface area contributed by atoms with Crippen molar-refractivity contribution in [3.63, 3.8) is 0 Å². The fraction of sp³-hybridized carbons (Fsp3) is 0.875. The molecule has 2 unspecified atom stereocenters. The molecule has 0 aromatic rings. The Balaban J connectivity index is 2.05. The summed E-state index contributed by atoms with van der Waals surface area (Å²) in [7, 11) is 0. The molecule has 0 aromatic carbocycles. The number of carboxylic acid groups (broad SMARTS) is 1. The van der Waals surface area contributed by atoms with Gasteiger partial charge >= 0.3 is 12.0 Å². The second kappa shape index (κ2) is 6.67. The van der Waals surface area contributed by atoms with Crippen molar-refractivity contribution in [1.29, 1.82) is 0 Å². The van der Waals surface area contributed by atoms with Gasteiger partial charge in [0.15, 0.2) is 0 Å². The van der Waals surface area contributed by atoms with Gasteiger partial charge in [-0.1, -0.05) is 6.92 Å². The first-order valence-corrected chi connectivity index (χ1v) is 8.24. The number of fused-ring (bicyclic) bond motifs is 2. The van der Waals surface area contributed by atoms with Crippen molar-refractivity contribution in [2.45, 2.75) is 77.4 Å². The lowest BCUT2D eigenvalue weighted by Crippen LogP contribution is -2.54. The van der Waals surface area contributed by atoms with Crippen molar-refractivity contribution in [3.8, 4) is 0 Å². The third-order valence-electron chi connectivity index (χ3n) is 4.85. The first-order chi connectivity index (χ1) is 9.93. The predicted molar refractivity (Wildman–Crippen MR) is 81.2 cm³/mol. The van der Waals surface area contributed by atoms with E-state index in [2.05, 4.69) is 25.7 Å². The van der Waals surface area contributed by atoms with Gasteiger partial charge in [0.2, 0.25) is 0 Å². The summed E-state index contributed by atoms with van der Waals surface area (Å²) >= 11 is 0. The molecule has 5 nitrogen and oxygen atoms in total. The van der Waals surface area contributed by atoms with Crippen LogP contribution in [-0.2, 0) is 4.79 Å². The number of piperidine rings is 1. The molecule has 2 bridgehead atoms. The van der Waals surface area contributed by atoms with Crippen molar-refractivity contribution < 1.29 is 14.7 Å². The number of hydrogen-bond donors (Lipinski definition) is 1. The van der Waals surface area contributed by atoms with Gasteiger partial charge in [0.05, 0.1) is 0 Å². The SMILES string of the molecule is CCCN(C(=O)N1C2CCC1CC(CC(=O)O)C2)C(C)C. The largest absolute Gasteiger partial charge is 0.481 e. The van der Waals surface area contributed by atoms with Gasteiger partial charge in [0, 0.05) is 31.1 Å². The number of amides is 2. The van der Waals surface area contributed by atoms with Crippen LogP contribution in [0.2, 0.25) is 0 Å². The van der Waals surface area contributed by atoms with Crippen molar-refractivity contribution in [3.05, 3.63) is 0 Å². The van der Waals surface area contributed by atoms with E-state index in [1.807, 2.05) is 4.90 Å². The molecule has 120 valence electrons. The van der Waals surface area contributed by atoms with E-state index in [1.165, 1.54) is 0 Å². The molecule has 0 radical (unpaired) electrons. The Bertz CT molecular complexity index is 383. The van der Waals surface area contributed by atoms with Gasteiger partial charge in [-0.15, -0.1) is 0 Å². The zero-order valence-corrected chi connectivity index (χ0v) is 13.4. The Labute approximate surface area is 127 Å². The molecule has 0 aliphatic carbocycles. The standard InChI is InChI=1S/C16H28N2O3/c1-4-7-17(11(2)3)16(21)18-13-5-6-14(18)9-12(8-13)10-15(19)20/h11-14H,4-10H2,1-3H3,(H,19,20). The average molecular weight is 296 g/mol. The molecule has 2 rings (SSSR count). The van der Waals surface area contributed by atoms with Crippen LogP contribution in [0, 0.1) is 5.92 Å². The van der Waals surface area contributed by atoms with Gasteiger partial charge < -0.3 is 14.9 Å². The Morgan fingerprint density at radius 1 is 1.24 bits per heavy atom. The van der Waals surface area contributed by atoms with Gasteiger partial charge in [-0.2, -0.15) is 0 Å². The lowest BCUT2D eigenvalue weighted by Gasteiger charge is -2.42. The van der Waals surface area contributed by atoms with Gasteiger partial charge in [-0.3, -0.25) is 4.79 Å². The van der Waals surface area contributed by atoms with Crippen LogP contribution in [0.5, 0.6) is 0 Å². The molecule has 0 aromatic heterocycles. The maximum absolute atomic E-state index is 12.9. The van der Waals surface area contributed by atoms with E-state index >= 15 is 0 Å². The minimum atomic E-state index is -0.714. The number of hydrogen-bond acceptors (Lipinski definition) is 2. The monoisotopic (exact) mass is 296 g/mol. The van der Waals surface area contributed by atoms with Crippen molar-refractivity contribution >= 4 is 12.0 Å². The quantitative estimate of drug-likeness (QED) is 0.848. The van der Waals surface area contributed by atoms with Crippen LogP contribution in [0.4, 0.5) is 4.79 Å². The Morgan fingerprint density at radius 2 is 1.81 bits per heavy atom. The highest BCUT2D eigenvalue weighted by Crippen LogP contribution is 2.40. The van der Waals surface area contributed by atoms with Crippen molar-refractivity contribution in [2.75, 3.05) is 6.54 Å². The minimum absolute atomic E-state index is 0.160. The molecular formula is C16H28N2O3. The first kappa shape index (κ1) is 16.1. The minimum Gasteiger partial charge on any atom is -0.481 e. The van der Waals surface area contributed by atoms with Crippen LogP contribution in [-0.4, -0.2) is 51.6 Å². The van der Waals surface area contributed by atoms with Gasteiger partial charge in [-0.25, -0.2) is 4.79 Å². The summed E-state index contributed by atoms with van der Waals surface area (Å²) in [5, 5.41) is 8.98. The summed E-state index contributed by atoms with van der Waals surface area (Å²) in [6.45, 7) is 7.01. The summed E-state index contributed by atoms with van der Waals surface area (Å²) in [5.41, 5.74) is 0. The fourth-order valence-corrected chi connectivity index (χ4v) is 3.98. The smallest absolute Gasteiger partial charge is 0.320 e. The zero-order valence-electron chi connectivity index (χ0n) is 13.4. The molecule has 1 N–H and O–H groups in total. The summed E-state index contributed by atoms with van der Waals surface area (Å²) in [6.07, 6.45) is 4.99. The van der Waals surface area contributed by atoms with Gasteiger partial charge in [-0.05, 0) is 51.9 Å². The van der Waals surface area contributed by atoms with Gasteiger partial charge in [0.25, 0.3) is 0 Å². The molecule has 2 fully saturated rings. The second-order valence-electron chi connectivity index (χ2n) is 6.80. The molecule has 2 amide bonds. The molecule has 2 atom stereocenters. The Hall–Kier alpha value is -1.26. The summed E-state index contributed by atoms with van der Waals surface area (Å²) < 4.78 is 0. The zero-order chi connectivity index (χ0) is 15.6. The normalized spacial score (nSPS) is 28.0. The van der Waals surface area contributed by atoms with E-state index in [0.717, 1.165) is 38.6 Å². The van der Waals surface area contributed by atoms with E-state index in [4.69, 9.17) is 5.11 Å². The summed E-state index contributed by atoms with van der Waals surface area (Å²) in [4.78, 5) is 27.8. The lowest BCUT2D eigenvalue weighted by molar-refractivity contribution is -0.138. The summed E-state index contributed by atoms with van der Waals surface area (Å²) in [5.74, 6) is -0.475. The third kappa shape index (κ3) is 3.50. The van der Waals surface area contributed by atoms with Crippen molar-refractivity contribution in [2.24, 2.45) is 5.92 Å². The van der Waals surface area contributed by atoms with E-state index in [0.29, 0.717) is 0 Å². The second-order valence-corrected chi connectivity index (χ2v) is 6.80. The molecule has 0 spiro atoms. The first-order valence-electron chi connectivity index (χ1n) is 8.24. The van der Waals surface area contributed by atoms with Crippen LogP contribution in [0.15, 0.2) is 0 Å². The summed E-state index contributed by atoms with van der Waals surface area (Å²) in [6, 6.07) is 0.874. The van der Waals surface area contributed by atoms with E-state index in [-0.39, 0.29) is 36.5 Å². The third-order valence-corrected chi connectivity index (χ3v) is 4.85. The molecular weight excluding hydrogens is 268 g/mol. The molecule has 2 aliphatic rings. The number of carbonyl (C=O) groups is 2. The number of rotatable bonds is 5. The molecule has 5 heteroatoms. The molecule has 2 aliphatic heterocycles. The Morgan fingerprint density at radius 3 is 2.24 bits per heavy atom. The topological polar surface area (TPSA) is 60.9 Å². The molecule has 2 saturated heterocycles. The number of carboxylic acids is 1.